The molecule has 3 N–H and O–H groups in total. The van der Waals surface area contributed by atoms with E-state index in [1.807, 2.05) is 0 Å². The molecule has 0 bridgehead atoms. The van der Waals surface area contributed by atoms with Crippen molar-refractivity contribution in [2.24, 2.45) is 5.11 Å². The van der Waals surface area contributed by atoms with Crippen LogP contribution in [0.25, 0.3) is 21.5 Å². The van der Waals surface area contributed by atoms with Gasteiger partial charge in [0.05, 0.1) is 11.1 Å². The van der Waals surface area contributed by atoms with Crippen molar-refractivity contribution in [3.8, 4) is 0 Å². The third kappa shape index (κ3) is 2.80. The highest BCUT2D eigenvalue weighted by atomic mass is 35.5. The molecule has 2 rings (SSSR count). The summed E-state index contributed by atoms with van der Waals surface area (Å²) in [6, 6.07) is 1.61. The minimum atomic E-state index is -1.12. The molecule has 0 aromatic carbocycles. The number of pyridine rings is 1. The normalized spacial score (nSPS) is 14.1. The number of H-pyrrole nitrogens is 1. The van der Waals surface area contributed by atoms with E-state index in [1.165, 1.54) is 0 Å². The molecule has 0 aliphatic heterocycles. The van der Waals surface area contributed by atoms with Crippen LogP contribution in [0.4, 0.5) is 0 Å². The first-order valence-electron chi connectivity index (χ1n) is 5.63. The SMILES string of the molecule is [N-]=[N+]=NCCC(O)C(O)c1c[nH]c2nccc(Cl)c12. The lowest BCUT2D eigenvalue weighted by Gasteiger charge is -2.16. The molecule has 0 saturated heterocycles. The highest BCUT2D eigenvalue weighted by Gasteiger charge is 2.22. The van der Waals surface area contributed by atoms with Gasteiger partial charge in [0.15, 0.2) is 0 Å². The van der Waals surface area contributed by atoms with Crippen molar-refractivity contribution in [1.82, 2.24) is 9.97 Å². The van der Waals surface area contributed by atoms with Gasteiger partial charge in [-0.1, -0.05) is 16.7 Å². The van der Waals surface area contributed by atoms with Gasteiger partial charge in [0.1, 0.15) is 11.8 Å². The first-order chi connectivity index (χ1) is 9.15. The lowest BCUT2D eigenvalue weighted by atomic mass is 10.0. The van der Waals surface area contributed by atoms with Gasteiger partial charge in [0, 0.05) is 34.8 Å². The Morgan fingerprint density at radius 3 is 3.05 bits per heavy atom. The lowest BCUT2D eigenvalue weighted by Crippen LogP contribution is -2.18. The summed E-state index contributed by atoms with van der Waals surface area (Å²) < 4.78 is 0. The molecule has 0 spiro atoms. The minimum absolute atomic E-state index is 0.114. The van der Waals surface area contributed by atoms with Crippen LogP contribution in [-0.2, 0) is 0 Å². The van der Waals surface area contributed by atoms with Gasteiger partial charge in [0.25, 0.3) is 0 Å². The van der Waals surface area contributed by atoms with E-state index in [2.05, 4.69) is 20.0 Å². The molecule has 2 unspecified atom stereocenters. The van der Waals surface area contributed by atoms with Crippen molar-refractivity contribution in [3.63, 3.8) is 0 Å². The quantitative estimate of drug-likeness (QED) is 0.443. The van der Waals surface area contributed by atoms with E-state index in [9.17, 15) is 10.2 Å². The number of hydrogen-bond donors (Lipinski definition) is 3. The number of hydrogen-bond acceptors (Lipinski definition) is 4. The van der Waals surface area contributed by atoms with Gasteiger partial charge < -0.3 is 15.2 Å². The number of aliphatic hydroxyl groups excluding tert-OH is 2. The molecule has 19 heavy (non-hydrogen) atoms. The Bertz CT molecular complexity index is 623. The summed E-state index contributed by atoms with van der Waals surface area (Å²) in [5, 5.41) is 24.3. The Morgan fingerprint density at radius 2 is 2.32 bits per heavy atom. The van der Waals surface area contributed by atoms with Crippen LogP contribution in [0.3, 0.4) is 0 Å². The van der Waals surface area contributed by atoms with E-state index in [0.717, 1.165) is 0 Å². The Hall–Kier alpha value is -1.79. The summed E-state index contributed by atoms with van der Waals surface area (Å²) in [6.07, 6.45) is 1.11. The average Bonchev–Trinajstić information content (AvgIpc) is 2.83. The van der Waals surface area contributed by atoms with Crippen LogP contribution in [-0.4, -0.2) is 32.8 Å². The number of nitrogens with zero attached hydrogens (tertiary/aromatic N) is 4. The highest BCUT2D eigenvalue weighted by molar-refractivity contribution is 6.35. The van der Waals surface area contributed by atoms with Crippen molar-refractivity contribution >= 4 is 22.6 Å². The highest BCUT2D eigenvalue weighted by Crippen LogP contribution is 2.31. The molecule has 2 atom stereocenters. The molecule has 7 nitrogen and oxygen atoms in total. The maximum atomic E-state index is 10.1. The molecule has 0 radical (unpaired) electrons. The number of halogens is 1. The van der Waals surface area contributed by atoms with E-state index in [1.54, 1.807) is 18.5 Å². The van der Waals surface area contributed by atoms with Crippen LogP contribution in [0.2, 0.25) is 5.02 Å². The second-order valence-corrected chi connectivity index (χ2v) is 4.42. The zero-order chi connectivity index (χ0) is 13.8. The predicted molar refractivity (Wildman–Crippen MR) is 70.7 cm³/mol. The third-order valence-corrected chi connectivity index (χ3v) is 3.14. The van der Waals surface area contributed by atoms with Gasteiger partial charge in [-0.3, -0.25) is 0 Å². The summed E-state index contributed by atoms with van der Waals surface area (Å²) in [5.74, 6) is 0. The van der Waals surface area contributed by atoms with E-state index in [0.29, 0.717) is 21.6 Å². The van der Waals surface area contributed by atoms with Gasteiger partial charge >= 0.3 is 0 Å². The van der Waals surface area contributed by atoms with Crippen molar-refractivity contribution < 1.29 is 10.2 Å². The van der Waals surface area contributed by atoms with Crippen LogP contribution in [0.1, 0.15) is 18.1 Å². The zero-order valence-corrected chi connectivity index (χ0v) is 10.6. The molecule has 8 heteroatoms. The third-order valence-electron chi connectivity index (χ3n) is 2.82. The number of nitrogens with one attached hydrogen (secondary N) is 1. The van der Waals surface area contributed by atoms with Gasteiger partial charge in [0.2, 0.25) is 0 Å². The number of aromatic nitrogens is 2. The van der Waals surface area contributed by atoms with Gasteiger partial charge in [-0.05, 0) is 18.0 Å². The molecule has 0 fully saturated rings. The van der Waals surface area contributed by atoms with Crippen LogP contribution < -0.4 is 0 Å². The Morgan fingerprint density at radius 1 is 1.53 bits per heavy atom. The standard InChI is InChI=1S/C11H12ClN5O2/c12-7-1-3-14-11-9(7)6(5-15-11)10(19)8(18)2-4-16-17-13/h1,3,5,8,10,18-19H,2,4H2,(H,14,15). The van der Waals surface area contributed by atoms with Crippen LogP contribution >= 0.6 is 11.6 Å². The Balaban J connectivity index is 2.26. The second-order valence-electron chi connectivity index (χ2n) is 4.02. The van der Waals surface area contributed by atoms with E-state index in [4.69, 9.17) is 17.1 Å². The summed E-state index contributed by atoms with van der Waals surface area (Å²) in [6.45, 7) is 0.114. The van der Waals surface area contributed by atoms with Crippen molar-refractivity contribution in [2.75, 3.05) is 6.54 Å². The smallest absolute Gasteiger partial charge is 0.139 e. The molecule has 0 saturated carbocycles. The summed E-state index contributed by atoms with van der Waals surface area (Å²) in [5.41, 5.74) is 9.18. The number of fused-ring (bicyclic) bond motifs is 1. The van der Waals surface area contributed by atoms with Crippen LogP contribution in [0.5, 0.6) is 0 Å². The lowest BCUT2D eigenvalue weighted by molar-refractivity contribution is 0.0159. The molecule has 0 amide bonds. The maximum absolute atomic E-state index is 10.1. The van der Waals surface area contributed by atoms with E-state index < -0.39 is 12.2 Å². The molecule has 2 heterocycles. The fraction of sp³-hybridized carbons (Fsp3) is 0.364. The molecule has 2 aromatic rings. The first-order valence-corrected chi connectivity index (χ1v) is 6.01. The van der Waals surface area contributed by atoms with E-state index >= 15 is 0 Å². The van der Waals surface area contributed by atoms with Gasteiger partial charge in [-0.15, -0.1) is 0 Å². The Kier molecular flexibility index (Phi) is 4.24. The zero-order valence-electron chi connectivity index (χ0n) is 9.86. The summed E-state index contributed by atoms with van der Waals surface area (Å²) >= 11 is 6.06. The fourth-order valence-electron chi connectivity index (χ4n) is 1.87. The molecular formula is C11H12ClN5O2. The molecule has 2 aromatic heterocycles. The largest absolute Gasteiger partial charge is 0.390 e. The summed E-state index contributed by atoms with van der Waals surface area (Å²) in [7, 11) is 0. The number of azide groups is 1. The van der Waals surface area contributed by atoms with Crippen molar-refractivity contribution in [1.29, 1.82) is 0 Å². The van der Waals surface area contributed by atoms with Crippen molar-refractivity contribution in [3.05, 3.63) is 39.5 Å². The minimum Gasteiger partial charge on any atom is -0.390 e. The topological polar surface area (TPSA) is 118 Å². The number of aliphatic hydroxyl groups is 2. The van der Waals surface area contributed by atoms with Crippen LogP contribution in [0, 0.1) is 0 Å². The van der Waals surface area contributed by atoms with Gasteiger partial charge in [-0.2, -0.15) is 0 Å². The predicted octanol–water partition coefficient (Wildman–Crippen LogP) is 2.31. The first kappa shape index (κ1) is 13.6. The second kappa shape index (κ2) is 5.90. The molecule has 0 aliphatic rings. The summed E-state index contributed by atoms with van der Waals surface area (Å²) in [4.78, 5) is 9.55. The Labute approximate surface area is 113 Å². The average molecular weight is 282 g/mol. The molecule has 0 aliphatic carbocycles. The number of rotatable bonds is 5. The van der Waals surface area contributed by atoms with Gasteiger partial charge in [-0.25, -0.2) is 4.98 Å². The molecular weight excluding hydrogens is 270 g/mol. The molecule has 100 valence electrons. The fourth-order valence-corrected chi connectivity index (χ4v) is 2.13. The van der Waals surface area contributed by atoms with Crippen LogP contribution in [0.15, 0.2) is 23.6 Å². The van der Waals surface area contributed by atoms with Crippen molar-refractivity contribution in [2.45, 2.75) is 18.6 Å². The monoisotopic (exact) mass is 281 g/mol. The number of aromatic amines is 1. The van der Waals surface area contributed by atoms with E-state index in [-0.39, 0.29) is 13.0 Å². The maximum Gasteiger partial charge on any atom is 0.139 e.